The molecule has 3 heterocycles. The van der Waals surface area contributed by atoms with Crippen LogP contribution in [0.5, 0.6) is 0 Å². The molecular weight excluding hydrogens is 521 g/mol. The van der Waals surface area contributed by atoms with Gasteiger partial charge in [-0.2, -0.15) is 5.10 Å². The summed E-state index contributed by atoms with van der Waals surface area (Å²) in [5, 5.41) is 14.0. The second-order valence-corrected chi connectivity index (χ2v) is 8.07. The molecule has 2 aliphatic heterocycles. The molecule has 0 radical (unpaired) electrons. The fraction of sp³-hybridized carbons (Fsp3) is 0.545. The second kappa shape index (κ2) is 11.5. The van der Waals surface area contributed by atoms with Crippen molar-refractivity contribution < 1.29 is 4.79 Å². The standard InChI is InChI=1S/C22H31N7O2.HI/c1-2-23-21(25-15-16-14-20(30)26-18-9-4-3-8-17(16)18)24-11-7-13-29-22(31)28-12-6-5-10-19(28)27-29;/h3-4,8-9,16H,2,5-7,10-15H2,1H3,(H,26,30)(H2,23,24,25);1H. The molecule has 0 aliphatic carbocycles. The van der Waals surface area contributed by atoms with Crippen molar-refractivity contribution in [1.29, 1.82) is 0 Å². The van der Waals surface area contributed by atoms with E-state index in [4.69, 9.17) is 4.99 Å². The molecule has 1 atom stereocenters. The minimum absolute atomic E-state index is 0. The van der Waals surface area contributed by atoms with E-state index < -0.39 is 0 Å². The van der Waals surface area contributed by atoms with Crippen molar-refractivity contribution in [2.45, 2.75) is 58.0 Å². The quantitative estimate of drug-likeness (QED) is 0.211. The lowest BCUT2D eigenvalue weighted by Gasteiger charge is -2.24. The minimum Gasteiger partial charge on any atom is -0.357 e. The van der Waals surface area contributed by atoms with Crippen molar-refractivity contribution >= 4 is 41.5 Å². The Morgan fingerprint density at radius 2 is 2.09 bits per heavy atom. The number of fused-ring (bicyclic) bond motifs is 2. The summed E-state index contributed by atoms with van der Waals surface area (Å²) >= 11 is 0. The number of aromatic nitrogens is 3. The van der Waals surface area contributed by atoms with Crippen LogP contribution in [0, 0.1) is 0 Å². The van der Waals surface area contributed by atoms with Crippen LogP contribution < -0.4 is 21.6 Å². The van der Waals surface area contributed by atoms with Crippen molar-refractivity contribution in [1.82, 2.24) is 25.0 Å². The van der Waals surface area contributed by atoms with Crippen molar-refractivity contribution in [3.8, 4) is 0 Å². The van der Waals surface area contributed by atoms with Crippen LogP contribution in [0.25, 0.3) is 0 Å². The highest BCUT2D eigenvalue weighted by molar-refractivity contribution is 14.0. The zero-order chi connectivity index (χ0) is 21.6. The van der Waals surface area contributed by atoms with Gasteiger partial charge in [0.15, 0.2) is 5.96 Å². The number of anilines is 1. The number of para-hydroxylation sites is 1. The number of rotatable bonds is 7. The molecular formula is C22H32IN7O2. The zero-order valence-electron chi connectivity index (χ0n) is 18.5. The third-order valence-electron chi connectivity index (χ3n) is 5.79. The van der Waals surface area contributed by atoms with E-state index in [9.17, 15) is 9.59 Å². The Kier molecular flexibility index (Phi) is 8.71. The van der Waals surface area contributed by atoms with Crippen LogP contribution in [0.4, 0.5) is 5.69 Å². The number of hydrogen-bond donors (Lipinski definition) is 3. The molecule has 10 heteroatoms. The van der Waals surface area contributed by atoms with E-state index in [1.165, 1.54) is 0 Å². The number of carbonyl (C=O) groups is 1. The summed E-state index contributed by atoms with van der Waals surface area (Å²) in [5.41, 5.74) is 2.01. The summed E-state index contributed by atoms with van der Waals surface area (Å²) in [6, 6.07) is 7.91. The molecule has 0 saturated carbocycles. The smallest absolute Gasteiger partial charge is 0.345 e. The SMILES string of the molecule is CCNC(=NCC1CC(=O)Nc2ccccc21)NCCCn1nc2n(c1=O)CCCC2.I. The van der Waals surface area contributed by atoms with Crippen molar-refractivity contribution in [2.24, 2.45) is 4.99 Å². The van der Waals surface area contributed by atoms with Crippen molar-refractivity contribution in [2.75, 3.05) is 25.0 Å². The number of benzene rings is 1. The van der Waals surface area contributed by atoms with Gasteiger partial charge in [-0.3, -0.25) is 14.4 Å². The average Bonchev–Trinajstić information content (AvgIpc) is 3.10. The third kappa shape index (κ3) is 5.70. The summed E-state index contributed by atoms with van der Waals surface area (Å²) in [6.07, 6.45) is 4.26. The van der Waals surface area contributed by atoms with E-state index in [1.807, 2.05) is 25.1 Å². The van der Waals surface area contributed by atoms with Gasteiger partial charge in [-0.05, 0) is 37.8 Å². The molecule has 1 aromatic heterocycles. The molecule has 1 amide bonds. The van der Waals surface area contributed by atoms with Gasteiger partial charge >= 0.3 is 5.69 Å². The number of hydrogen-bond acceptors (Lipinski definition) is 4. The largest absolute Gasteiger partial charge is 0.357 e. The molecule has 0 saturated heterocycles. The molecule has 0 bridgehead atoms. The molecule has 32 heavy (non-hydrogen) atoms. The monoisotopic (exact) mass is 553 g/mol. The Labute approximate surface area is 205 Å². The first-order valence-electron chi connectivity index (χ1n) is 11.2. The maximum Gasteiger partial charge on any atom is 0.345 e. The van der Waals surface area contributed by atoms with Crippen LogP contribution in [0.3, 0.4) is 0 Å². The first-order chi connectivity index (χ1) is 15.2. The number of aryl methyl sites for hydroxylation is 2. The van der Waals surface area contributed by atoms with Crippen LogP contribution in [-0.4, -0.2) is 45.8 Å². The van der Waals surface area contributed by atoms with Gasteiger partial charge in [-0.25, -0.2) is 9.48 Å². The van der Waals surface area contributed by atoms with Gasteiger partial charge < -0.3 is 16.0 Å². The van der Waals surface area contributed by atoms with E-state index in [-0.39, 0.29) is 41.5 Å². The van der Waals surface area contributed by atoms with E-state index in [2.05, 4.69) is 27.1 Å². The van der Waals surface area contributed by atoms with Crippen LogP contribution in [0.1, 0.15) is 49.9 Å². The Morgan fingerprint density at radius 3 is 2.91 bits per heavy atom. The fourth-order valence-electron chi connectivity index (χ4n) is 4.24. The number of guanidine groups is 1. The molecule has 174 valence electrons. The molecule has 9 nitrogen and oxygen atoms in total. The van der Waals surface area contributed by atoms with Crippen LogP contribution in [0.2, 0.25) is 0 Å². The van der Waals surface area contributed by atoms with Gasteiger partial charge in [0, 0.05) is 50.6 Å². The van der Waals surface area contributed by atoms with E-state index in [1.54, 1.807) is 9.25 Å². The van der Waals surface area contributed by atoms with Crippen LogP contribution >= 0.6 is 24.0 Å². The van der Waals surface area contributed by atoms with E-state index >= 15 is 0 Å². The average molecular weight is 553 g/mol. The van der Waals surface area contributed by atoms with E-state index in [0.717, 1.165) is 61.8 Å². The lowest BCUT2D eigenvalue weighted by Crippen LogP contribution is -2.39. The first kappa shape index (κ1) is 24.3. The zero-order valence-corrected chi connectivity index (χ0v) is 20.8. The van der Waals surface area contributed by atoms with Gasteiger partial charge in [-0.15, -0.1) is 24.0 Å². The van der Waals surface area contributed by atoms with Crippen molar-refractivity contribution in [3.05, 3.63) is 46.1 Å². The number of aliphatic imine (C=N–C) groups is 1. The molecule has 0 spiro atoms. The first-order valence-corrected chi connectivity index (χ1v) is 11.2. The number of nitrogens with one attached hydrogen (secondary N) is 3. The predicted molar refractivity (Wildman–Crippen MR) is 136 cm³/mol. The van der Waals surface area contributed by atoms with Gasteiger partial charge in [0.05, 0.1) is 6.54 Å². The highest BCUT2D eigenvalue weighted by Crippen LogP contribution is 2.31. The second-order valence-electron chi connectivity index (χ2n) is 8.07. The Balaban J connectivity index is 0.00000289. The Bertz CT molecular complexity index is 1010. The van der Waals surface area contributed by atoms with Gasteiger partial charge in [-0.1, -0.05) is 18.2 Å². The maximum absolute atomic E-state index is 12.4. The highest BCUT2D eigenvalue weighted by Gasteiger charge is 2.24. The topological polar surface area (TPSA) is 105 Å². The third-order valence-corrected chi connectivity index (χ3v) is 5.79. The summed E-state index contributed by atoms with van der Waals surface area (Å²) in [7, 11) is 0. The molecule has 3 N–H and O–H groups in total. The van der Waals surface area contributed by atoms with Gasteiger partial charge in [0.1, 0.15) is 5.82 Å². The van der Waals surface area contributed by atoms with Gasteiger partial charge in [0.2, 0.25) is 5.91 Å². The number of carbonyl (C=O) groups excluding carboxylic acids is 1. The highest BCUT2D eigenvalue weighted by atomic mass is 127. The molecule has 2 aliphatic rings. The summed E-state index contributed by atoms with van der Waals surface area (Å²) < 4.78 is 3.39. The Morgan fingerprint density at radius 1 is 1.25 bits per heavy atom. The molecule has 1 aromatic carbocycles. The summed E-state index contributed by atoms with van der Waals surface area (Å²) in [5.74, 6) is 1.74. The van der Waals surface area contributed by atoms with Crippen molar-refractivity contribution in [3.63, 3.8) is 0 Å². The molecule has 2 aromatic rings. The number of nitrogens with zero attached hydrogens (tertiary/aromatic N) is 4. The van der Waals surface area contributed by atoms with Gasteiger partial charge in [0.25, 0.3) is 0 Å². The maximum atomic E-state index is 12.4. The summed E-state index contributed by atoms with van der Waals surface area (Å²) in [6.45, 7) is 5.36. The lowest BCUT2D eigenvalue weighted by atomic mass is 9.91. The normalized spacial score (nSPS) is 17.6. The minimum atomic E-state index is 0. The Hall–Kier alpha value is -2.37. The van der Waals surface area contributed by atoms with Crippen LogP contribution in [-0.2, 0) is 24.3 Å². The fourth-order valence-corrected chi connectivity index (χ4v) is 4.24. The molecule has 0 fully saturated rings. The van der Waals surface area contributed by atoms with E-state index in [0.29, 0.717) is 26.1 Å². The van der Waals surface area contributed by atoms with Crippen LogP contribution in [0.15, 0.2) is 34.1 Å². The molecule has 4 rings (SSSR count). The number of amides is 1. The molecule has 1 unspecified atom stereocenters. The number of halogens is 1. The summed E-state index contributed by atoms with van der Waals surface area (Å²) in [4.78, 5) is 29.2. The lowest BCUT2D eigenvalue weighted by molar-refractivity contribution is -0.116. The predicted octanol–water partition coefficient (Wildman–Crippen LogP) is 2.07.